The van der Waals surface area contributed by atoms with Crippen molar-refractivity contribution in [3.63, 3.8) is 0 Å². The Hall–Kier alpha value is -1.63. The first kappa shape index (κ1) is 18.2. The van der Waals surface area contributed by atoms with Crippen LogP contribution in [0.25, 0.3) is 6.08 Å². The second-order valence-corrected chi connectivity index (χ2v) is 7.83. The maximum absolute atomic E-state index is 11.9. The van der Waals surface area contributed by atoms with Gasteiger partial charge in [0, 0.05) is 29.0 Å². The molecule has 1 aliphatic rings. The number of halogens is 1. The summed E-state index contributed by atoms with van der Waals surface area (Å²) in [5.74, 6) is 2.93. The third-order valence-corrected chi connectivity index (χ3v) is 5.76. The fourth-order valence-electron chi connectivity index (χ4n) is 2.27. The van der Waals surface area contributed by atoms with Crippen molar-refractivity contribution < 1.29 is 14.3 Å². The van der Waals surface area contributed by atoms with Crippen LogP contribution in [0.1, 0.15) is 10.4 Å². The Bertz CT molecular complexity index is 747. The minimum Gasteiger partial charge on any atom is -0.486 e. The predicted octanol–water partition coefficient (Wildman–Crippen LogP) is 4.24. The summed E-state index contributed by atoms with van der Waals surface area (Å²) in [4.78, 5) is 13.2. The Morgan fingerprint density at radius 2 is 2.24 bits per heavy atom. The number of nitrogens with one attached hydrogen (secondary N) is 1. The molecule has 132 valence electrons. The predicted molar refractivity (Wildman–Crippen MR) is 105 cm³/mol. The number of hydrogen-bond acceptors (Lipinski definition) is 5. The van der Waals surface area contributed by atoms with E-state index in [0.29, 0.717) is 36.3 Å². The summed E-state index contributed by atoms with van der Waals surface area (Å²) >= 11 is 9.75. The van der Waals surface area contributed by atoms with Crippen LogP contribution in [0, 0.1) is 0 Å². The number of hydrogen-bond donors (Lipinski definition) is 1. The van der Waals surface area contributed by atoms with E-state index in [1.807, 2.05) is 17.8 Å². The van der Waals surface area contributed by atoms with Crippen LogP contribution in [-0.2, 0) is 10.5 Å². The number of fused-ring (bicyclic) bond motifs is 1. The van der Waals surface area contributed by atoms with Crippen LogP contribution in [-0.4, -0.2) is 31.4 Å². The molecule has 0 spiro atoms. The molecule has 1 N–H and O–H groups in total. The molecular formula is C18H18ClNO3S2. The molecule has 1 amide bonds. The van der Waals surface area contributed by atoms with Crippen LogP contribution in [0.5, 0.6) is 11.5 Å². The quantitative estimate of drug-likeness (QED) is 0.562. The van der Waals surface area contributed by atoms with Gasteiger partial charge < -0.3 is 14.8 Å². The Labute approximate surface area is 160 Å². The number of benzene rings is 1. The summed E-state index contributed by atoms with van der Waals surface area (Å²) in [7, 11) is 0. The van der Waals surface area contributed by atoms with Crippen LogP contribution >= 0.6 is 34.7 Å². The third kappa shape index (κ3) is 5.42. The van der Waals surface area contributed by atoms with Crippen LogP contribution < -0.4 is 14.8 Å². The van der Waals surface area contributed by atoms with Gasteiger partial charge in [-0.3, -0.25) is 4.79 Å². The Morgan fingerprint density at radius 3 is 3.08 bits per heavy atom. The molecule has 0 saturated carbocycles. The molecule has 1 aromatic heterocycles. The van der Waals surface area contributed by atoms with Gasteiger partial charge in [0.2, 0.25) is 5.91 Å². The van der Waals surface area contributed by atoms with Crippen molar-refractivity contribution in [1.29, 1.82) is 0 Å². The van der Waals surface area contributed by atoms with Crippen molar-refractivity contribution in [2.45, 2.75) is 5.75 Å². The molecule has 25 heavy (non-hydrogen) atoms. The summed E-state index contributed by atoms with van der Waals surface area (Å²) in [6, 6.07) is 7.76. The van der Waals surface area contributed by atoms with Gasteiger partial charge in [0.1, 0.15) is 13.2 Å². The van der Waals surface area contributed by atoms with Gasteiger partial charge >= 0.3 is 0 Å². The fraction of sp³-hybridized carbons (Fsp3) is 0.278. The summed E-state index contributed by atoms with van der Waals surface area (Å²) in [6.45, 7) is 1.63. The van der Waals surface area contributed by atoms with Crippen LogP contribution in [0.2, 0.25) is 5.02 Å². The van der Waals surface area contributed by atoms with Crippen molar-refractivity contribution >= 4 is 46.7 Å². The highest BCUT2D eigenvalue weighted by atomic mass is 35.5. The lowest BCUT2D eigenvalue weighted by Crippen LogP contribution is -2.23. The number of thiophene rings is 1. The molecule has 0 aliphatic carbocycles. The smallest absolute Gasteiger partial charge is 0.244 e. The lowest BCUT2D eigenvalue weighted by molar-refractivity contribution is -0.116. The molecule has 0 radical (unpaired) electrons. The van der Waals surface area contributed by atoms with Crippen molar-refractivity contribution in [1.82, 2.24) is 5.32 Å². The molecule has 0 atom stereocenters. The Morgan fingerprint density at radius 1 is 1.36 bits per heavy atom. The third-order valence-electron chi connectivity index (χ3n) is 3.42. The lowest BCUT2D eigenvalue weighted by atomic mass is 10.1. The highest BCUT2D eigenvalue weighted by Gasteiger charge is 2.15. The van der Waals surface area contributed by atoms with Gasteiger partial charge in [0.15, 0.2) is 11.5 Å². The van der Waals surface area contributed by atoms with E-state index < -0.39 is 0 Å². The number of amides is 1. The minimum atomic E-state index is -0.122. The zero-order valence-corrected chi connectivity index (χ0v) is 15.9. The monoisotopic (exact) mass is 395 g/mol. The van der Waals surface area contributed by atoms with Crippen LogP contribution in [0.15, 0.2) is 35.7 Å². The van der Waals surface area contributed by atoms with Gasteiger partial charge in [-0.05, 0) is 35.2 Å². The molecule has 0 bridgehead atoms. The van der Waals surface area contributed by atoms with Crippen molar-refractivity contribution in [2.24, 2.45) is 0 Å². The Balaban J connectivity index is 1.43. The van der Waals surface area contributed by atoms with Gasteiger partial charge in [-0.15, -0.1) is 11.3 Å². The average Bonchev–Trinajstić information content (AvgIpc) is 3.13. The zero-order valence-electron chi connectivity index (χ0n) is 13.5. The van der Waals surface area contributed by atoms with Gasteiger partial charge in [-0.25, -0.2) is 0 Å². The van der Waals surface area contributed by atoms with E-state index in [2.05, 4.69) is 22.8 Å². The highest BCUT2D eigenvalue weighted by Crippen LogP contribution is 2.38. The zero-order chi connectivity index (χ0) is 17.5. The molecule has 1 aromatic carbocycles. The lowest BCUT2D eigenvalue weighted by Gasteiger charge is -2.19. The number of rotatable bonds is 7. The van der Waals surface area contributed by atoms with E-state index in [0.717, 1.165) is 17.1 Å². The molecule has 0 fully saturated rings. The minimum absolute atomic E-state index is 0.122. The van der Waals surface area contributed by atoms with Crippen molar-refractivity contribution in [3.8, 4) is 11.5 Å². The summed E-state index contributed by atoms with van der Waals surface area (Å²) < 4.78 is 11.0. The van der Waals surface area contributed by atoms with E-state index >= 15 is 0 Å². The summed E-state index contributed by atoms with van der Waals surface area (Å²) in [6.07, 6.45) is 3.23. The van der Waals surface area contributed by atoms with Crippen LogP contribution in [0.4, 0.5) is 0 Å². The molecule has 2 heterocycles. The van der Waals surface area contributed by atoms with Crippen molar-refractivity contribution in [3.05, 3.63) is 51.2 Å². The van der Waals surface area contributed by atoms with Gasteiger partial charge in [-0.2, -0.15) is 11.8 Å². The van der Waals surface area contributed by atoms with E-state index in [1.165, 1.54) is 11.0 Å². The standard InChI is InChI=1S/C18H18ClNO3S2/c19-15-10-13(11-16-18(15)23-7-6-22-16)3-4-17(21)20-5-9-24-12-14-2-1-8-25-14/h1-4,8,10-11H,5-7,9,12H2,(H,20,21)/b4-3+. The molecule has 0 unspecified atom stereocenters. The molecule has 2 aromatic rings. The largest absolute Gasteiger partial charge is 0.486 e. The number of ether oxygens (including phenoxy) is 2. The van der Waals surface area contributed by atoms with E-state index in [-0.39, 0.29) is 5.91 Å². The van der Waals surface area contributed by atoms with Gasteiger partial charge in [0.05, 0.1) is 5.02 Å². The fourth-order valence-corrected chi connectivity index (χ4v) is 4.24. The maximum atomic E-state index is 11.9. The number of carbonyl (C=O) groups is 1. The van der Waals surface area contributed by atoms with E-state index in [1.54, 1.807) is 23.5 Å². The van der Waals surface area contributed by atoms with E-state index in [9.17, 15) is 4.79 Å². The van der Waals surface area contributed by atoms with Crippen LogP contribution in [0.3, 0.4) is 0 Å². The number of thioether (sulfide) groups is 1. The topological polar surface area (TPSA) is 47.6 Å². The summed E-state index contributed by atoms with van der Waals surface area (Å²) in [5.41, 5.74) is 0.802. The SMILES string of the molecule is O=C(/C=C/c1cc(Cl)c2c(c1)OCCO2)NCCSCc1cccs1. The summed E-state index contributed by atoms with van der Waals surface area (Å²) in [5, 5.41) is 5.44. The average molecular weight is 396 g/mol. The molecular weight excluding hydrogens is 378 g/mol. The molecule has 4 nitrogen and oxygen atoms in total. The first-order valence-electron chi connectivity index (χ1n) is 7.87. The molecule has 0 saturated heterocycles. The molecule has 3 rings (SSSR count). The first-order valence-corrected chi connectivity index (χ1v) is 10.3. The molecule has 1 aliphatic heterocycles. The normalized spacial score (nSPS) is 13.2. The van der Waals surface area contributed by atoms with Gasteiger partial charge in [-0.1, -0.05) is 17.7 Å². The van der Waals surface area contributed by atoms with Crippen molar-refractivity contribution in [2.75, 3.05) is 25.5 Å². The highest BCUT2D eigenvalue weighted by molar-refractivity contribution is 7.98. The van der Waals surface area contributed by atoms with Gasteiger partial charge in [0.25, 0.3) is 0 Å². The van der Waals surface area contributed by atoms with E-state index in [4.69, 9.17) is 21.1 Å². The first-order chi connectivity index (χ1) is 12.2. The maximum Gasteiger partial charge on any atom is 0.244 e. The number of carbonyl (C=O) groups excluding carboxylic acids is 1. The molecule has 7 heteroatoms. The second kappa shape index (κ2) is 9.17. The Kier molecular flexibility index (Phi) is 6.67. The second-order valence-electron chi connectivity index (χ2n) is 5.28.